The Kier molecular flexibility index (Phi) is 3.89. The van der Waals surface area contributed by atoms with E-state index >= 15 is 0 Å². The highest BCUT2D eigenvalue weighted by atomic mass is 19.2. The minimum absolute atomic E-state index is 0.0372. The second-order valence-corrected chi connectivity index (χ2v) is 5.48. The quantitative estimate of drug-likeness (QED) is 0.746. The molecule has 1 heterocycles. The van der Waals surface area contributed by atoms with Gasteiger partial charge in [-0.2, -0.15) is 0 Å². The summed E-state index contributed by atoms with van der Waals surface area (Å²) in [4.78, 5) is 14.0. The molecule has 6 heteroatoms. The lowest BCUT2D eigenvalue weighted by atomic mass is 9.89. The summed E-state index contributed by atoms with van der Waals surface area (Å²) in [6, 6.07) is 1.68. The summed E-state index contributed by atoms with van der Waals surface area (Å²) in [6.07, 6.45) is 3.65. The van der Waals surface area contributed by atoms with Gasteiger partial charge >= 0.3 is 0 Å². The first-order valence-corrected chi connectivity index (χ1v) is 7.15. The summed E-state index contributed by atoms with van der Waals surface area (Å²) in [5.74, 6) is -4.90. The van der Waals surface area contributed by atoms with Gasteiger partial charge in [-0.25, -0.2) is 13.2 Å². The van der Waals surface area contributed by atoms with E-state index in [0.29, 0.717) is 13.2 Å². The van der Waals surface area contributed by atoms with Crippen LogP contribution in [0.1, 0.15) is 36.0 Å². The summed E-state index contributed by atoms with van der Waals surface area (Å²) >= 11 is 0. The maximum Gasteiger partial charge on any atom is 0.257 e. The third-order valence-corrected chi connectivity index (χ3v) is 4.26. The van der Waals surface area contributed by atoms with Crippen molar-refractivity contribution in [2.45, 2.75) is 37.8 Å². The Morgan fingerprint density at radius 1 is 1.14 bits per heavy atom. The van der Waals surface area contributed by atoms with Crippen LogP contribution in [0.5, 0.6) is 0 Å². The van der Waals surface area contributed by atoms with Crippen molar-refractivity contribution in [2.75, 3.05) is 13.2 Å². The average Bonchev–Trinajstić information content (AvgIpc) is 2.51. The Morgan fingerprint density at radius 2 is 1.90 bits per heavy atom. The Labute approximate surface area is 120 Å². The number of fused-ring (bicyclic) bond motifs is 1. The topological polar surface area (TPSA) is 29.5 Å². The molecule has 3 rings (SSSR count). The van der Waals surface area contributed by atoms with Crippen molar-refractivity contribution >= 4 is 5.91 Å². The second-order valence-electron chi connectivity index (χ2n) is 5.48. The van der Waals surface area contributed by atoms with E-state index in [4.69, 9.17) is 4.74 Å². The fourth-order valence-corrected chi connectivity index (χ4v) is 3.19. The van der Waals surface area contributed by atoms with E-state index < -0.39 is 28.9 Å². The SMILES string of the molecule is O=C(c1ccc(F)c(F)c1F)N1CCO[C@@H]2CCCC[C@@H]21. The van der Waals surface area contributed by atoms with Crippen molar-refractivity contribution in [3.8, 4) is 0 Å². The molecule has 2 atom stereocenters. The second kappa shape index (κ2) is 5.67. The predicted molar refractivity (Wildman–Crippen MR) is 69.3 cm³/mol. The predicted octanol–water partition coefficient (Wildman–Crippen LogP) is 2.89. The van der Waals surface area contributed by atoms with Crippen LogP contribution in [-0.2, 0) is 4.74 Å². The number of carbonyl (C=O) groups is 1. The molecule has 1 aliphatic heterocycles. The Hall–Kier alpha value is -1.56. The van der Waals surface area contributed by atoms with Crippen LogP contribution >= 0.6 is 0 Å². The molecule has 0 aromatic heterocycles. The van der Waals surface area contributed by atoms with Crippen molar-refractivity contribution in [3.63, 3.8) is 0 Å². The number of hydrogen-bond acceptors (Lipinski definition) is 2. The molecule has 0 spiro atoms. The Balaban J connectivity index is 1.89. The molecular weight excluding hydrogens is 283 g/mol. The smallest absolute Gasteiger partial charge is 0.257 e. The van der Waals surface area contributed by atoms with Crippen molar-refractivity contribution in [2.24, 2.45) is 0 Å². The van der Waals surface area contributed by atoms with Gasteiger partial charge in [-0.1, -0.05) is 12.8 Å². The van der Waals surface area contributed by atoms with Crippen LogP contribution < -0.4 is 0 Å². The standard InChI is InChI=1S/C15H16F3NO2/c16-10-6-5-9(13(17)14(10)18)15(20)19-7-8-21-12-4-2-1-3-11(12)19/h5-6,11-12H,1-4,7-8H2/t11-,12+/m0/s1. The van der Waals surface area contributed by atoms with Gasteiger partial charge in [0.1, 0.15) is 0 Å². The zero-order valence-corrected chi connectivity index (χ0v) is 11.4. The number of nitrogens with zero attached hydrogens (tertiary/aromatic N) is 1. The van der Waals surface area contributed by atoms with Gasteiger partial charge in [0.2, 0.25) is 0 Å². The van der Waals surface area contributed by atoms with Crippen LogP contribution in [0.4, 0.5) is 13.2 Å². The summed E-state index contributed by atoms with van der Waals surface area (Å²) in [7, 11) is 0. The van der Waals surface area contributed by atoms with E-state index in [1.165, 1.54) is 0 Å². The molecule has 114 valence electrons. The van der Waals surface area contributed by atoms with E-state index in [1.54, 1.807) is 4.90 Å². The lowest BCUT2D eigenvalue weighted by Gasteiger charge is -2.43. The number of hydrogen-bond donors (Lipinski definition) is 0. The number of carbonyl (C=O) groups excluding carboxylic acids is 1. The number of halogens is 3. The average molecular weight is 299 g/mol. The molecule has 1 aromatic rings. The first-order valence-electron chi connectivity index (χ1n) is 7.15. The van der Waals surface area contributed by atoms with Gasteiger partial charge in [0.15, 0.2) is 17.5 Å². The van der Waals surface area contributed by atoms with Crippen molar-refractivity contribution < 1.29 is 22.7 Å². The summed E-state index contributed by atoms with van der Waals surface area (Å²) in [5, 5.41) is 0. The number of morpholine rings is 1. The fourth-order valence-electron chi connectivity index (χ4n) is 3.19. The minimum Gasteiger partial charge on any atom is -0.374 e. The number of amides is 1. The molecule has 1 saturated carbocycles. The van der Waals surface area contributed by atoms with Crippen LogP contribution in [0.3, 0.4) is 0 Å². The molecule has 0 radical (unpaired) electrons. The maximum atomic E-state index is 13.8. The number of benzene rings is 1. The van der Waals surface area contributed by atoms with E-state index in [1.807, 2.05) is 0 Å². The van der Waals surface area contributed by atoms with Crippen molar-refractivity contribution in [3.05, 3.63) is 35.1 Å². The fraction of sp³-hybridized carbons (Fsp3) is 0.533. The van der Waals surface area contributed by atoms with Gasteiger partial charge in [-0.15, -0.1) is 0 Å². The first kappa shape index (κ1) is 14.4. The first-order chi connectivity index (χ1) is 10.1. The molecular formula is C15H16F3NO2. The van der Waals surface area contributed by atoms with E-state index in [0.717, 1.165) is 37.8 Å². The summed E-state index contributed by atoms with van der Waals surface area (Å²) in [6.45, 7) is 0.733. The van der Waals surface area contributed by atoms with Crippen LogP contribution in [0.25, 0.3) is 0 Å². The maximum absolute atomic E-state index is 13.8. The molecule has 3 nitrogen and oxygen atoms in total. The van der Waals surface area contributed by atoms with Gasteiger partial charge in [0.25, 0.3) is 5.91 Å². The van der Waals surface area contributed by atoms with Gasteiger partial charge in [-0.05, 0) is 25.0 Å². The zero-order chi connectivity index (χ0) is 15.0. The molecule has 2 aliphatic rings. The van der Waals surface area contributed by atoms with E-state index in [9.17, 15) is 18.0 Å². The monoisotopic (exact) mass is 299 g/mol. The van der Waals surface area contributed by atoms with E-state index in [2.05, 4.69) is 0 Å². The third-order valence-electron chi connectivity index (χ3n) is 4.26. The highest BCUT2D eigenvalue weighted by molar-refractivity contribution is 5.94. The van der Waals surface area contributed by atoms with Crippen molar-refractivity contribution in [1.29, 1.82) is 0 Å². The van der Waals surface area contributed by atoms with Crippen LogP contribution in [0.2, 0.25) is 0 Å². The zero-order valence-electron chi connectivity index (χ0n) is 11.4. The van der Waals surface area contributed by atoms with Crippen LogP contribution in [0, 0.1) is 17.5 Å². The third kappa shape index (κ3) is 2.52. The molecule has 2 fully saturated rings. The number of rotatable bonds is 1. The minimum atomic E-state index is -1.60. The van der Waals surface area contributed by atoms with Gasteiger partial charge in [0.05, 0.1) is 24.3 Å². The summed E-state index contributed by atoms with van der Waals surface area (Å²) in [5.41, 5.74) is -0.417. The molecule has 0 bridgehead atoms. The Bertz CT molecular complexity index is 562. The highest BCUT2D eigenvalue weighted by Crippen LogP contribution is 2.30. The molecule has 1 aromatic carbocycles. The van der Waals surface area contributed by atoms with Crippen LogP contribution in [-0.4, -0.2) is 36.1 Å². The lowest BCUT2D eigenvalue weighted by Crippen LogP contribution is -2.55. The Morgan fingerprint density at radius 3 is 2.71 bits per heavy atom. The van der Waals surface area contributed by atoms with Crippen molar-refractivity contribution in [1.82, 2.24) is 4.90 Å². The molecule has 21 heavy (non-hydrogen) atoms. The molecule has 0 N–H and O–H groups in total. The molecule has 1 aliphatic carbocycles. The number of ether oxygens (including phenoxy) is 1. The molecule has 1 amide bonds. The highest BCUT2D eigenvalue weighted by Gasteiger charge is 2.38. The lowest BCUT2D eigenvalue weighted by molar-refractivity contribution is -0.0754. The normalized spacial score (nSPS) is 25.6. The van der Waals surface area contributed by atoms with Gasteiger partial charge < -0.3 is 9.64 Å². The largest absolute Gasteiger partial charge is 0.374 e. The van der Waals surface area contributed by atoms with E-state index in [-0.39, 0.29) is 12.1 Å². The van der Waals surface area contributed by atoms with Gasteiger partial charge in [-0.3, -0.25) is 4.79 Å². The van der Waals surface area contributed by atoms with Gasteiger partial charge in [0, 0.05) is 6.54 Å². The summed E-state index contributed by atoms with van der Waals surface area (Å²) < 4.78 is 45.7. The van der Waals surface area contributed by atoms with Crippen LogP contribution in [0.15, 0.2) is 12.1 Å². The molecule has 1 saturated heterocycles. The molecule has 0 unspecified atom stereocenters.